The number of anilines is 2. The lowest BCUT2D eigenvalue weighted by molar-refractivity contribution is 0.357. The van der Waals surface area contributed by atoms with E-state index in [1.54, 1.807) is 17.5 Å². The number of hydrogen-bond donors (Lipinski definition) is 1. The Labute approximate surface area is 126 Å². The van der Waals surface area contributed by atoms with Crippen molar-refractivity contribution in [2.45, 2.75) is 6.42 Å². The molecular formula is C16H13N3OS. The van der Waals surface area contributed by atoms with E-state index in [2.05, 4.69) is 32.8 Å². The summed E-state index contributed by atoms with van der Waals surface area (Å²) in [6, 6.07) is 12.0. The van der Waals surface area contributed by atoms with E-state index in [1.807, 2.05) is 24.3 Å². The molecule has 0 saturated carbocycles. The number of thiazole rings is 1. The molecule has 3 aromatic rings. The summed E-state index contributed by atoms with van der Waals surface area (Å²) >= 11 is 1.58. The SMILES string of the molecule is c1ccc(Nc2nc(-c3ccc4c(c3)CCO4)cs2)nc1. The fourth-order valence-corrected chi connectivity index (χ4v) is 3.08. The Morgan fingerprint density at radius 3 is 3.10 bits per heavy atom. The first-order valence-corrected chi connectivity index (χ1v) is 7.66. The highest BCUT2D eigenvalue weighted by Crippen LogP contribution is 2.32. The van der Waals surface area contributed by atoms with Crippen LogP contribution in [0.1, 0.15) is 5.56 Å². The Morgan fingerprint density at radius 1 is 1.19 bits per heavy atom. The molecule has 1 aromatic carbocycles. The first-order valence-electron chi connectivity index (χ1n) is 6.78. The summed E-state index contributed by atoms with van der Waals surface area (Å²) in [4.78, 5) is 8.87. The normalized spacial score (nSPS) is 12.8. The molecule has 0 aliphatic carbocycles. The van der Waals surface area contributed by atoms with Crippen LogP contribution in [-0.2, 0) is 6.42 Å². The summed E-state index contributed by atoms with van der Waals surface area (Å²) in [7, 11) is 0. The van der Waals surface area contributed by atoms with Crippen LogP contribution in [0.4, 0.5) is 10.9 Å². The third kappa shape index (κ3) is 2.48. The first-order chi connectivity index (χ1) is 10.4. The standard InChI is InChI=1S/C16H13N3OS/c1-2-7-17-15(3-1)19-16-18-13(10-21-16)11-4-5-14-12(9-11)6-8-20-14/h1-5,7,9-10H,6,8H2,(H,17,18,19). The highest BCUT2D eigenvalue weighted by atomic mass is 32.1. The van der Waals surface area contributed by atoms with Gasteiger partial charge in [-0.15, -0.1) is 11.3 Å². The molecular weight excluding hydrogens is 282 g/mol. The molecule has 104 valence electrons. The number of hydrogen-bond acceptors (Lipinski definition) is 5. The van der Waals surface area contributed by atoms with Gasteiger partial charge in [0.2, 0.25) is 0 Å². The quantitative estimate of drug-likeness (QED) is 0.796. The van der Waals surface area contributed by atoms with Gasteiger partial charge in [-0.25, -0.2) is 9.97 Å². The van der Waals surface area contributed by atoms with Gasteiger partial charge in [0.1, 0.15) is 11.6 Å². The van der Waals surface area contributed by atoms with Crippen LogP contribution in [-0.4, -0.2) is 16.6 Å². The zero-order chi connectivity index (χ0) is 14.1. The molecule has 0 atom stereocenters. The maximum absolute atomic E-state index is 5.54. The molecule has 1 N–H and O–H groups in total. The minimum absolute atomic E-state index is 0.780. The lowest BCUT2D eigenvalue weighted by Gasteiger charge is -2.02. The molecule has 1 aliphatic rings. The lowest BCUT2D eigenvalue weighted by atomic mass is 10.1. The summed E-state index contributed by atoms with van der Waals surface area (Å²) in [6.07, 6.45) is 2.74. The molecule has 2 aromatic heterocycles. The summed E-state index contributed by atoms with van der Waals surface area (Å²) in [5.41, 5.74) is 3.37. The molecule has 0 amide bonds. The van der Waals surface area contributed by atoms with Gasteiger partial charge in [0.15, 0.2) is 5.13 Å². The minimum atomic E-state index is 0.780. The van der Waals surface area contributed by atoms with Crippen molar-refractivity contribution in [3.63, 3.8) is 0 Å². The number of rotatable bonds is 3. The third-order valence-corrected chi connectivity index (χ3v) is 4.15. The number of nitrogens with zero attached hydrogens (tertiary/aromatic N) is 2. The molecule has 0 radical (unpaired) electrons. The predicted octanol–water partition coefficient (Wildman–Crippen LogP) is 3.88. The van der Waals surface area contributed by atoms with Crippen molar-refractivity contribution >= 4 is 22.3 Å². The molecule has 1 aliphatic heterocycles. The van der Waals surface area contributed by atoms with Gasteiger partial charge in [0.05, 0.1) is 12.3 Å². The highest BCUT2D eigenvalue weighted by molar-refractivity contribution is 7.14. The monoisotopic (exact) mass is 295 g/mol. The molecule has 0 unspecified atom stereocenters. The molecule has 4 nitrogen and oxygen atoms in total. The van der Waals surface area contributed by atoms with Crippen molar-refractivity contribution in [2.24, 2.45) is 0 Å². The molecule has 0 spiro atoms. The van der Waals surface area contributed by atoms with Crippen LogP contribution in [0.3, 0.4) is 0 Å². The number of ether oxygens (including phenoxy) is 1. The van der Waals surface area contributed by atoms with Gasteiger partial charge in [-0.2, -0.15) is 0 Å². The van der Waals surface area contributed by atoms with Gasteiger partial charge in [0.25, 0.3) is 0 Å². The van der Waals surface area contributed by atoms with Crippen molar-refractivity contribution in [3.05, 3.63) is 53.5 Å². The molecule has 4 rings (SSSR count). The van der Waals surface area contributed by atoms with E-state index in [0.29, 0.717) is 0 Å². The van der Waals surface area contributed by atoms with Gasteiger partial charge in [-0.3, -0.25) is 0 Å². The zero-order valence-electron chi connectivity index (χ0n) is 11.2. The van der Waals surface area contributed by atoms with E-state index in [0.717, 1.165) is 41.0 Å². The average molecular weight is 295 g/mol. The number of aromatic nitrogens is 2. The summed E-state index contributed by atoms with van der Waals surface area (Å²) in [5, 5.41) is 6.12. The Bertz CT molecular complexity index is 770. The van der Waals surface area contributed by atoms with Gasteiger partial charge in [-0.05, 0) is 35.9 Å². The van der Waals surface area contributed by atoms with Gasteiger partial charge in [-0.1, -0.05) is 6.07 Å². The second-order valence-corrected chi connectivity index (χ2v) is 5.66. The topological polar surface area (TPSA) is 47.0 Å². The Kier molecular flexibility index (Phi) is 3.05. The van der Waals surface area contributed by atoms with Crippen molar-refractivity contribution in [1.82, 2.24) is 9.97 Å². The van der Waals surface area contributed by atoms with Crippen LogP contribution < -0.4 is 10.1 Å². The van der Waals surface area contributed by atoms with Crippen LogP contribution in [0, 0.1) is 0 Å². The highest BCUT2D eigenvalue weighted by Gasteiger charge is 2.14. The second-order valence-electron chi connectivity index (χ2n) is 4.80. The molecule has 5 heteroatoms. The Balaban J connectivity index is 1.59. The van der Waals surface area contributed by atoms with Crippen molar-refractivity contribution in [2.75, 3.05) is 11.9 Å². The van der Waals surface area contributed by atoms with E-state index in [-0.39, 0.29) is 0 Å². The van der Waals surface area contributed by atoms with Crippen molar-refractivity contribution in [1.29, 1.82) is 0 Å². The average Bonchev–Trinajstić information content (AvgIpc) is 3.16. The summed E-state index contributed by atoms with van der Waals surface area (Å²) in [6.45, 7) is 0.780. The Morgan fingerprint density at radius 2 is 2.19 bits per heavy atom. The van der Waals surface area contributed by atoms with Crippen molar-refractivity contribution < 1.29 is 4.74 Å². The number of pyridine rings is 1. The first kappa shape index (κ1) is 12.3. The molecule has 0 fully saturated rings. The molecule has 0 saturated heterocycles. The largest absolute Gasteiger partial charge is 0.493 e. The molecule has 21 heavy (non-hydrogen) atoms. The molecule has 0 bridgehead atoms. The van der Waals surface area contributed by atoms with Gasteiger partial charge < -0.3 is 10.1 Å². The maximum atomic E-state index is 5.54. The summed E-state index contributed by atoms with van der Waals surface area (Å²) < 4.78 is 5.54. The summed E-state index contributed by atoms with van der Waals surface area (Å²) in [5.74, 6) is 1.81. The minimum Gasteiger partial charge on any atom is -0.493 e. The molecule has 3 heterocycles. The fourth-order valence-electron chi connectivity index (χ4n) is 2.36. The number of nitrogens with one attached hydrogen (secondary N) is 1. The van der Waals surface area contributed by atoms with Crippen LogP contribution >= 0.6 is 11.3 Å². The van der Waals surface area contributed by atoms with E-state index in [4.69, 9.17) is 4.74 Å². The van der Waals surface area contributed by atoms with Crippen LogP contribution in [0.2, 0.25) is 0 Å². The maximum Gasteiger partial charge on any atom is 0.188 e. The fraction of sp³-hybridized carbons (Fsp3) is 0.125. The van der Waals surface area contributed by atoms with Crippen LogP contribution in [0.25, 0.3) is 11.3 Å². The van der Waals surface area contributed by atoms with E-state index < -0.39 is 0 Å². The predicted molar refractivity (Wildman–Crippen MR) is 84.3 cm³/mol. The smallest absolute Gasteiger partial charge is 0.188 e. The van der Waals surface area contributed by atoms with Crippen LogP contribution in [0.15, 0.2) is 48.0 Å². The Hall–Kier alpha value is -2.40. The lowest BCUT2D eigenvalue weighted by Crippen LogP contribution is -1.91. The zero-order valence-corrected chi connectivity index (χ0v) is 12.1. The van der Waals surface area contributed by atoms with E-state index >= 15 is 0 Å². The van der Waals surface area contributed by atoms with Crippen LogP contribution in [0.5, 0.6) is 5.75 Å². The van der Waals surface area contributed by atoms with Crippen molar-refractivity contribution in [3.8, 4) is 17.0 Å². The van der Waals surface area contributed by atoms with E-state index in [1.165, 1.54) is 5.56 Å². The third-order valence-electron chi connectivity index (χ3n) is 3.39. The van der Waals surface area contributed by atoms with Gasteiger partial charge in [0, 0.05) is 23.6 Å². The second kappa shape index (κ2) is 5.18. The van der Waals surface area contributed by atoms with Gasteiger partial charge >= 0.3 is 0 Å². The number of fused-ring (bicyclic) bond motifs is 1. The number of benzene rings is 1. The van der Waals surface area contributed by atoms with E-state index in [9.17, 15) is 0 Å².